The van der Waals surface area contributed by atoms with E-state index in [0.29, 0.717) is 17.0 Å². The lowest BCUT2D eigenvalue weighted by molar-refractivity contribution is -0.142. The molecule has 0 aliphatic carbocycles. The highest BCUT2D eigenvalue weighted by atomic mass is 35.5. The molecule has 4 atom stereocenters. The molecule has 0 heterocycles. The van der Waals surface area contributed by atoms with Gasteiger partial charge in [0.05, 0.1) is 12.0 Å². The average Bonchev–Trinajstić information content (AvgIpc) is 2.61. The lowest BCUT2D eigenvalue weighted by Crippen LogP contribution is -2.57. The molecular formula is C17H25ClN4O5. The molecule has 10 heteroatoms. The molecule has 9 nitrogen and oxygen atoms in total. The Bertz CT molecular complexity index is 670. The first-order chi connectivity index (χ1) is 12.7. The van der Waals surface area contributed by atoms with Gasteiger partial charge in [-0.2, -0.15) is 0 Å². The molecular weight excluding hydrogens is 376 g/mol. The Hall–Kier alpha value is -2.20. The largest absolute Gasteiger partial charge is 0.480 e. The maximum atomic E-state index is 12.7. The maximum Gasteiger partial charge on any atom is 0.327 e. The number of carbonyl (C=O) groups excluding carboxylic acids is 2. The molecule has 0 aliphatic heterocycles. The zero-order valence-corrected chi connectivity index (χ0v) is 15.6. The number of amides is 2. The van der Waals surface area contributed by atoms with Crippen LogP contribution in [0.15, 0.2) is 24.3 Å². The summed E-state index contributed by atoms with van der Waals surface area (Å²) in [4.78, 5) is 36.0. The molecule has 0 saturated carbocycles. The standard InChI is InChI=1S/C17H25ClN4O5/c1-9(23)14(16(25)21-13(8-20)17(26)27)22-15(24)12(5-6-19)10-3-2-4-11(18)7-10/h2-4,7,9,12-14,23H,5-6,8,19-20H2,1H3,(H,21,25)(H,22,24)(H,26,27)/t9?,12?,13-,14-/m0/s1. The smallest absolute Gasteiger partial charge is 0.327 e. The number of carboxylic acids is 1. The molecule has 0 aromatic heterocycles. The fourth-order valence-corrected chi connectivity index (χ4v) is 2.68. The molecule has 8 N–H and O–H groups in total. The van der Waals surface area contributed by atoms with Gasteiger partial charge < -0.3 is 32.3 Å². The van der Waals surface area contributed by atoms with Gasteiger partial charge in [-0.3, -0.25) is 9.59 Å². The quantitative estimate of drug-likeness (QED) is 0.297. The zero-order valence-electron chi connectivity index (χ0n) is 14.9. The topological polar surface area (TPSA) is 168 Å². The summed E-state index contributed by atoms with van der Waals surface area (Å²) in [6, 6.07) is 3.99. The molecule has 0 aliphatic rings. The fraction of sp³-hybridized carbons (Fsp3) is 0.471. The first-order valence-electron chi connectivity index (χ1n) is 8.38. The van der Waals surface area contributed by atoms with Gasteiger partial charge in [0.1, 0.15) is 12.1 Å². The average molecular weight is 401 g/mol. The number of hydrogen-bond acceptors (Lipinski definition) is 6. The summed E-state index contributed by atoms with van der Waals surface area (Å²) in [5, 5.41) is 24.0. The van der Waals surface area contributed by atoms with Crippen molar-refractivity contribution in [2.24, 2.45) is 11.5 Å². The van der Waals surface area contributed by atoms with Crippen molar-refractivity contribution in [2.45, 2.75) is 37.5 Å². The van der Waals surface area contributed by atoms with Crippen molar-refractivity contribution in [1.82, 2.24) is 10.6 Å². The lowest BCUT2D eigenvalue weighted by Gasteiger charge is -2.25. The van der Waals surface area contributed by atoms with Crippen LogP contribution in [0.1, 0.15) is 24.8 Å². The third kappa shape index (κ3) is 6.79. The van der Waals surface area contributed by atoms with Crippen molar-refractivity contribution in [3.05, 3.63) is 34.9 Å². The van der Waals surface area contributed by atoms with E-state index in [2.05, 4.69) is 10.6 Å². The first-order valence-corrected chi connectivity index (χ1v) is 8.76. The van der Waals surface area contributed by atoms with Crippen molar-refractivity contribution >= 4 is 29.4 Å². The van der Waals surface area contributed by atoms with Crippen molar-refractivity contribution in [3.63, 3.8) is 0 Å². The summed E-state index contributed by atoms with van der Waals surface area (Å²) in [6.07, 6.45) is -0.972. The highest BCUT2D eigenvalue weighted by molar-refractivity contribution is 6.30. The molecule has 0 bridgehead atoms. The van der Waals surface area contributed by atoms with E-state index < -0.39 is 41.9 Å². The summed E-state index contributed by atoms with van der Waals surface area (Å²) >= 11 is 5.97. The van der Waals surface area contributed by atoms with Gasteiger partial charge >= 0.3 is 5.97 Å². The molecule has 2 unspecified atom stereocenters. The molecule has 150 valence electrons. The summed E-state index contributed by atoms with van der Waals surface area (Å²) in [7, 11) is 0. The van der Waals surface area contributed by atoms with Crippen molar-refractivity contribution in [1.29, 1.82) is 0 Å². The summed E-state index contributed by atoms with van der Waals surface area (Å²) in [5.41, 5.74) is 11.5. The number of carbonyl (C=O) groups is 3. The minimum Gasteiger partial charge on any atom is -0.480 e. The number of carboxylic acid groups (broad SMARTS) is 1. The van der Waals surface area contributed by atoms with E-state index in [1.54, 1.807) is 24.3 Å². The van der Waals surface area contributed by atoms with E-state index in [0.717, 1.165) is 0 Å². The second kappa shape index (κ2) is 10.8. The second-order valence-corrected chi connectivity index (χ2v) is 6.48. The molecule has 0 fully saturated rings. The number of rotatable bonds is 10. The van der Waals surface area contributed by atoms with E-state index in [9.17, 15) is 19.5 Å². The number of nitrogens with two attached hydrogens (primary N) is 2. The summed E-state index contributed by atoms with van der Waals surface area (Å²) in [5.74, 6) is -3.40. The van der Waals surface area contributed by atoms with Crippen LogP contribution in [0.3, 0.4) is 0 Å². The summed E-state index contributed by atoms with van der Waals surface area (Å²) in [6.45, 7) is 1.18. The van der Waals surface area contributed by atoms with Gasteiger partial charge in [0, 0.05) is 11.6 Å². The number of aliphatic hydroxyl groups is 1. The van der Waals surface area contributed by atoms with E-state index in [1.165, 1.54) is 6.92 Å². The third-order valence-corrected chi connectivity index (χ3v) is 4.17. The van der Waals surface area contributed by atoms with Crippen LogP contribution in [0.5, 0.6) is 0 Å². The monoisotopic (exact) mass is 400 g/mol. The highest BCUT2D eigenvalue weighted by Gasteiger charge is 2.31. The third-order valence-electron chi connectivity index (χ3n) is 3.94. The molecule has 1 rings (SSSR count). The van der Waals surface area contributed by atoms with Gasteiger partial charge in [0.25, 0.3) is 0 Å². The minimum absolute atomic E-state index is 0.213. The Morgan fingerprint density at radius 1 is 1.19 bits per heavy atom. The van der Waals surface area contributed by atoms with Crippen LogP contribution >= 0.6 is 11.6 Å². The van der Waals surface area contributed by atoms with Crippen molar-refractivity contribution < 1.29 is 24.6 Å². The predicted molar refractivity (Wildman–Crippen MR) is 100 cm³/mol. The van der Waals surface area contributed by atoms with E-state index in [4.69, 9.17) is 28.2 Å². The fourth-order valence-electron chi connectivity index (χ4n) is 2.48. The zero-order chi connectivity index (χ0) is 20.6. The minimum atomic E-state index is -1.36. The maximum absolute atomic E-state index is 12.7. The lowest BCUT2D eigenvalue weighted by atomic mass is 9.94. The van der Waals surface area contributed by atoms with E-state index in [1.807, 2.05) is 0 Å². The van der Waals surface area contributed by atoms with Crippen LogP contribution in [-0.2, 0) is 14.4 Å². The van der Waals surface area contributed by atoms with Crippen LogP contribution in [0.2, 0.25) is 5.02 Å². The Kier molecular flexibility index (Phi) is 9.16. The number of halogens is 1. The Labute approximate surface area is 162 Å². The normalized spacial score (nSPS) is 15.3. The number of aliphatic hydroxyl groups excluding tert-OH is 1. The predicted octanol–water partition coefficient (Wildman–Crippen LogP) is -0.834. The molecule has 0 saturated heterocycles. The highest BCUT2D eigenvalue weighted by Crippen LogP contribution is 2.23. The number of hydrogen-bond donors (Lipinski definition) is 6. The Morgan fingerprint density at radius 3 is 2.33 bits per heavy atom. The SMILES string of the molecule is CC(O)[C@H](NC(=O)C(CCN)c1cccc(Cl)c1)C(=O)N[C@@H](CN)C(=O)O. The van der Waals surface area contributed by atoms with Crippen LogP contribution in [0.4, 0.5) is 0 Å². The van der Waals surface area contributed by atoms with Crippen LogP contribution in [0.25, 0.3) is 0 Å². The van der Waals surface area contributed by atoms with Crippen LogP contribution in [0, 0.1) is 0 Å². The molecule has 2 amide bonds. The van der Waals surface area contributed by atoms with Gasteiger partial charge in [0.2, 0.25) is 11.8 Å². The molecule has 0 spiro atoms. The van der Waals surface area contributed by atoms with Crippen molar-refractivity contribution in [2.75, 3.05) is 13.1 Å². The van der Waals surface area contributed by atoms with Gasteiger partial charge in [-0.05, 0) is 37.6 Å². The van der Waals surface area contributed by atoms with Gasteiger partial charge in [-0.1, -0.05) is 23.7 Å². The summed E-state index contributed by atoms with van der Waals surface area (Å²) < 4.78 is 0. The van der Waals surface area contributed by atoms with E-state index >= 15 is 0 Å². The molecule has 1 aromatic rings. The van der Waals surface area contributed by atoms with Gasteiger partial charge in [-0.15, -0.1) is 0 Å². The van der Waals surface area contributed by atoms with E-state index in [-0.39, 0.29) is 13.1 Å². The Balaban J connectivity index is 2.97. The van der Waals surface area contributed by atoms with Crippen LogP contribution in [-0.4, -0.2) is 59.3 Å². The van der Waals surface area contributed by atoms with Gasteiger partial charge in [0.15, 0.2) is 0 Å². The Morgan fingerprint density at radius 2 is 1.85 bits per heavy atom. The number of nitrogens with one attached hydrogen (secondary N) is 2. The molecule has 0 radical (unpaired) electrons. The number of aliphatic carboxylic acids is 1. The molecule has 27 heavy (non-hydrogen) atoms. The second-order valence-electron chi connectivity index (χ2n) is 6.05. The number of benzene rings is 1. The van der Waals surface area contributed by atoms with Crippen molar-refractivity contribution in [3.8, 4) is 0 Å². The molecule has 1 aromatic carbocycles. The van der Waals surface area contributed by atoms with Crippen LogP contribution < -0.4 is 22.1 Å². The first kappa shape index (κ1) is 22.8. The van der Waals surface area contributed by atoms with Gasteiger partial charge in [-0.25, -0.2) is 4.79 Å².